The third kappa shape index (κ3) is 1.36. The SMILES string of the molecule is N.c1ccc(C2CC2)cc1. The van der Waals surface area contributed by atoms with Crippen molar-refractivity contribution in [2.75, 3.05) is 0 Å². The molecule has 1 fully saturated rings. The molecule has 2 rings (SSSR count). The number of benzene rings is 1. The summed E-state index contributed by atoms with van der Waals surface area (Å²) < 4.78 is 0. The molecule has 0 saturated heterocycles. The van der Waals surface area contributed by atoms with E-state index in [9.17, 15) is 0 Å². The van der Waals surface area contributed by atoms with Gasteiger partial charge in [0.1, 0.15) is 0 Å². The van der Waals surface area contributed by atoms with Crippen molar-refractivity contribution in [3.8, 4) is 0 Å². The molecule has 0 amide bonds. The first kappa shape index (κ1) is 7.29. The summed E-state index contributed by atoms with van der Waals surface area (Å²) in [6.45, 7) is 0. The van der Waals surface area contributed by atoms with Crippen LogP contribution < -0.4 is 6.15 Å². The molecule has 1 aliphatic rings. The fourth-order valence-electron chi connectivity index (χ4n) is 1.14. The second kappa shape index (κ2) is 2.84. The first-order valence-corrected chi connectivity index (χ1v) is 3.52. The van der Waals surface area contributed by atoms with Crippen LogP contribution in [-0.2, 0) is 0 Å². The van der Waals surface area contributed by atoms with Gasteiger partial charge in [0.05, 0.1) is 0 Å². The predicted molar refractivity (Wildman–Crippen MR) is 43.4 cm³/mol. The van der Waals surface area contributed by atoms with Gasteiger partial charge < -0.3 is 6.15 Å². The Balaban J connectivity index is 0.000000500. The molecule has 3 N–H and O–H groups in total. The molecule has 10 heavy (non-hydrogen) atoms. The Hall–Kier alpha value is -0.820. The number of rotatable bonds is 1. The fourth-order valence-corrected chi connectivity index (χ4v) is 1.14. The minimum absolute atomic E-state index is 0. The van der Waals surface area contributed by atoms with Gasteiger partial charge in [-0.25, -0.2) is 0 Å². The zero-order valence-corrected chi connectivity index (χ0v) is 6.09. The van der Waals surface area contributed by atoms with Crippen LogP contribution in [0, 0.1) is 0 Å². The van der Waals surface area contributed by atoms with Gasteiger partial charge in [-0.3, -0.25) is 0 Å². The van der Waals surface area contributed by atoms with Gasteiger partial charge in [0.15, 0.2) is 0 Å². The van der Waals surface area contributed by atoms with Crippen molar-refractivity contribution in [3.05, 3.63) is 35.9 Å². The monoisotopic (exact) mass is 135 g/mol. The molecule has 1 aliphatic carbocycles. The smallest absolute Gasteiger partial charge is 0.0162 e. The highest BCUT2D eigenvalue weighted by Gasteiger charge is 2.22. The molecule has 0 unspecified atom stereocenters. The van der Waals surface area contributed by atoms with Gasteiger partial charge in [-0.1, -0.05) is 30.3 Å². The van der Waals surface area contributed by atoms with Crippen LogP contribution in [0.1, 0.15) is 24.3 Å². The lowest BCUT2D eigenvalue weighted by Gasteiger charge is -1.92. The van der Waals surface area contributed by atoms with Gasteiger partial charge in [0, 0.05) is 0 Å². The molecule has 1 nitrogen and oxygen atoms in total. The van der Waals surface area contributed by atoms with Crippen molar-refractivity contribution in [2.45, 2.75) is 18.8 Å². The second-order valence-electron chi connectivity index (χ2n) is 2.68. The normalized spacial score (nSPS) is 16.0. The first-order chi connectivity index (χ1) is 4.47. The number of hydrogen-bond acceptors (Lipinski definition) is 1. The van der Waals surface area contributed by atoms with E-state index in [2.05, 4.69) is 30.3 Å². The summed E-state index contributed by atoms with van der Waals surface area (Å²) in [5.41, 5.74) is 1.53. The lowest BCUT2D eigenvalue weighted by Crippen LogP contribution is -1.73. The molecule has 0 radical (unpaired) electrons. The molecular weight excluding hydrogens is 122 g/mol. The van der Waals surface area contributed by atoms with Gasteiger partial charge in [-0.2, -0.15) is 0 Å². The summed E-state index contributed by atoms with van der Waals surface area (Å²) >= 11 is 0. The highest BCUT2D eigenvalue weighted by molar-refractivity contribution is 5.22. The van der Waals surface area contributed by atoms with E-state index in [0.717, 1.165) is 5.92 Å². The summed E-state index contributed by atoms with van der Waals surface area (Å²) in [5.74, 6) is 0.909. The van der Waals surface area contributed by atoms with Crippen molar-refractivity contribution in [3.63, 3.8) is 0 Å². The number of hydrogen-bond donors (Lipinski definition) is 1. The molecule has 0 bridgehead atoms. The van der Waals surface area contributed by atoms with Gasteiger partial charge in [0.25, 0.3) is 0 Å². The summed E-state index contributed by atoms with van der Waals surface area (Å²) in [6, 6.07) is 10.8. The summed E-state index contributed by atoms with van der Waals surface area (Å²) in [7, 11) is 0. The summed E-state index contributed by atoms with van der Waals surface area (Å²) in [5, 5.41) is 0. The largest absolute Gasteiger partial charge is 0.344 e. The van der Waals surface area contributed by atoms with E-state index in [-0.39, 0.29) is 6.15 Å². The van der Waals surface area contributed by atoms with E-state index in [0.29, 0.717) is 0 Å². The molecule has 1 aromatic carbocycles. The third-order valence-corrected chi connectivity index (χ3v) is 1.85. The maximum absolute atomic E-state index is 2.22. The maximum atomic E-state index is 2.22. The van der Waals surface area contributed by atoms with Crippen molar-refractivity contribution in [2.24, 2.45) is 0 Å². The molecule has 0 aromatic heterocycles. The first-order valence-electron chi connectivity index (χ1n) is 3.52. The zero-order valence-electron chi connectivity index (χ0n) is 6.09. The maximum Gasteiger partial charge on any atom is -0.0162 e. The van der Waals surface area contributed by atoms with E-state index < -0.39 is 0 Å². The zero-order chi connectivity index (χ0) is 6.10. The molecule has 0 atom stereocenters. The average Bonchev–Trinajstić information content (AvgIpc) is 2.71. The van der Waals surface area contributed by atoms with Crippen LogP contribution in [0.5, 0.6) is 0 Å². The van der Waals surface area contributed by atoms with Crippen molar-refractivity contribution in [1.29, 1.82) is 0 Å². The molecule has 0 aliphatic heterocycles. The van der Waals surface area contributed by atoms with Crippen LogP contribution in [-0.4, -0.2) is 0 Å². The van der Waals surface area contributed by atoms with E-state index in [1.54, 1.807) is 0 Å². The van der Waals surface area contributed by atoms with E-state index in [4.69, 9.17) is 0 Å². The minimum Gasteiger partial charge on any atom is -0.344 e. The van der Waals surface area contributed by atoms with Crippen LogP contribution in [0.2, 0.25) is 0 Å². The average molecular weight is 135 g/mol. The predicted octanol–water partition coefficient (Wildman–Crippen LogP) is 2.73. The molecule has 1 saturated carbocycles. The molecular formula is C9H13N. The van der Waals surface area contributed by atoms with E-state index in [1.165, 1.54) is 18.4 Å². The molecule has 1 aromatic rings. The lowest BCUT2D eigenvalue weighted by atomic mass is 10.1. The second-order valence-corrected chi connectivity index (χ2v) is 2.68. The van der Waals surface area contributed by atoms with Crippen LogP contribution >= 0.6 is 0 Å². The Morgan fingerprint density at radius 2 is 1.60 bits per heavy atom. The summed E-state index contributed by atoms with van der Waals surface area (Å²) in [4.78, 5) is 0. The van der Waals surface area contributed by atoms with E-state index in [1.807, 2.05) is 0 Å². The van der Waals surface area contributed by atoms with Crippen LogP contribution in [0.4, 0.5) is 0 Å². The van der Waals surface area contributed by atoms with Gasteiger partial charge >= 0.3 is 0 Å². The topological polar surface area (TPSA) is 35.0 Å². The van der Waals surface area contributed by atoms with E-state index >= 15 is 0 Å². The van der Waals surface area contributed by atoms with Crippen molar-refractivity contribution >= 4 is 0 Å². The molecule has 54 valence electrons. The van der Waals surface area contributed by atoms with Gasteiger partial charge in [-0.15, -0.1) is 0 Å². The molecule has 0 spiro atoms. The highest BCUT2D eigenvalue weighted by atomic mass is 14.3. The molecule has 0 heterocycles. The lowest BCUT2D eigenvalue weighted by molar-refractivity contribution is 1.13. The minimum atomic E-state index is 0. The Morgan fingerprint density at radius 3 is 2.10 bits per heavy atom. The van der Waals surface area contributed by atoms with Crippen LogP contribution in [0.3, 0.4) is 0 Å². The van der Waals surface area contributed by atoms with Crippen LogP contribution in [0.15, 0.2) is 30.3 Å². The van der Waals surface area contributed by atoms with Crippen molar-refractivity contribution < 1.29 is 0 Å². The van der Waals surface area contributed by atoms with Crippen LogP contribution in [0.25, 0.3) is 0 Å². The van der Waals surface area contributed by atoms with Gasteiger partial charge in [0.2, 0.25) is 0 Å². The standard InChI is InChI=1S/C9H10.H3N/c1-2-4-8(5-3-1)9-6-7-9;/h1-5,9H,6-7H2;1H3. The highest BCUT2D eigenvalue weighted by Crippen LogP contribution is 2.39. The Labute approximate surface area is 61.7 Å². The van der Waals surface area contributed by atoms with Crippen molar-refractivity contribution in [1.82, 2.24) is 6.15 Å². The Kier molecular flexibility index (Phi) is 2.07. The quantitative estimate of drug-likeness (QED) is 0.631. The molecule has 1 heteroatoms. The van der Waals surface area contributed by atoms with Gasteiger partial charge in [-0.05, 0) is 24.3 Å². The summed E-state index contributed by atoms with van der Waals surface area (Å²) in [6.07, 6.45) is 2.81. The third-order valence-electron chi connectivity index (χ3n) is 1.85. The fraction of sp³-hybridized carbons (Fsp3) is 0.333. The Bertz CT molecular complexity index is 189. The Morgan fingerprint density at radius 1 is 1.00 bits per heavy atom.